The summed E-state index contributed by atoms with van der Waals surface area (Å²) in [5.41, 5.74) is 2.43. The van der Waals surface area contributed by atoms with Crippen LogP contribution in [0.25, 0.3) is 10.9 Å². The molecule has 0 amide bonds. The summed E-state index contributed by atoms with van der Waals surface area (Å²) < 4.78 is 7.44. The number of nitrogens with zero attached hydrogens (tertiary/aromatic N) is 1. The fourth-order valence-electron chi connectivity index (χ4n) is 2.26. The van der Waals surface area contributed by atoms with E-state index in [0.717, 1.165) is 23.9 Å². The number of fused-ring (bicyclic) bond motifs is 1. The molecule has 0 aliphatic heterocycles. The maximum Gasteiger partial charge on any atom is 0.138 e. The Labute approximate surface area is 112 Å². The zero-order valence-electron chi connectivity index (χ0n) is 10.7. The van der Waals surface area contributed by atoms with Gasteiger partial charge in [-0.2, -0.15) is 0 Å². The molecule has 1 aromatic heterocycles. The minimum Gasteiger partial charge on any atom is -0.495 e. The largest absolute Gasteiger partial charge is 0.495 e. The van der Waals surface area contributed by atoms with Crippen molar-refractivity contribution in [3.8, 4) is 5.75 Å². The van der Waals surface area contributed by atoms with Crippen molar-refractivity contribution in [2.24, 2.45) is 7.05 Å². The van der Waals surface area contributed by atoms with E-state index in [0.29, 0.717) is 5.02 Å². The Bertz CT molecular complexity index is 587. The molecule has 1 fully saturated rings. The van der Waals surface area contributed by atoms with Gasteiger partial charge in [0.15, 0.2) is 0 Å². The monoisotopic (exact) mass is 264 g/mol. The molecule has 3 rings (SSSR count). The molecule has 1 heterocycles. The van der Waals surface area contributed by atoms with Gasteiger partial charge in [-0.15, -0.1) is 0 Å². The molecule has 96 valence electrons. The molecule has 1 aliphatic carbocycles. The minimum absolute atomic E-state index is 0.660. The molecule has 0 spiro atoms. The molecular weight excluding hydrogens is 248 g/mol. The van der Waals surface area contributed by atoms with Gasteiger partial charge in [0.2, 0.25) is 0 Å². The topological polar surface area (TPSA) is 26.2 Å². The SMILES string of the molecule is COc1cc2cc(CNC3CC3)n(C)c2cc1Cl. The number of ether oxygens (including phenoxy) is 1. The molecule has 2 aromatic rings. The number of hydrogen-bond acceptors (Lipinski definition) is 2. The first-order valence-electron chi connectivity index (χ1n) is 6.24. The molecule has 0 bridgehead atoms. The lowest BCUT2D eigenvalue weighted by molar-refractivity contribution is 0.415. The van der Waals surface area contributed by atoms with Crippen LogP contribution in [0.4, 0.5) is 0 Å². The van der Waals surface area contributed by atoms with Crippen LogP contribution in [-0.4, -0.2) is 17.7 Å². The van der Waals surface area contributed by atoms with Crippen molar-refractivity contribution in [1.29, 1.82) is 0 Å². The zero-order chi connectivity index (χ0) is 12.7. The van der Waals surface area contributed by atoms with Gasteiger partial charge in [0.25, 0.3) is 0 Å². The molecule has 1 aliphatic rings. The van der Waals surface area contributed by atoms with Gasteiger partial charge < -0.3 is 14.6 Å². The van der Waals surface area contributed by atoms with Crippen LogP contribution in [0.15, 0.2) is 18.2 Å². The lowest BCUT2D eigenvalue weighted by Gasteiger charge is -2.06. The fraction of sp³-hybridized carbons (Fsp3) is 0.429. The first kappa shape index (κ1) is 11.9. The van der Waals surface area contributed by atoms with Gasteiger partial charge in [0, 0.05) is 36.2 Å². The molecule has 0 unspecified atom stereocenters. The highest BCUT2D eigenvalue weighted by atomic mass is 35.5. The Morgan fingerprint density at radius 1 is 1.39 bits per heavy atom. The van der Waals surface area contributed by atoms with Gasteiger partial charge in [-0.25, -0.2) is 0 Å². The van der Waals surface area contributed by atoms with Crippen molar-refractivity contribution in [1.82, 2.24) is 9.88 Å². The predicted octanol–water partition coefficient (Wildman–Crippen LogP) is 3.09. The highest BCUT2D eigenvalue weighted by molar-refractivity contribution is 6.32. The average molecular weight is 265 g/mol. The van der Waals surface area contributed by atoms with Crippen molar-refractivity contribution in [3.63, 3.8) is 0 Å². The fourth-order valence-corrected chi connectivity index (χ4v) is 2.49. The third kappa shape index (κ3) is 2.08. The summed E-state index contributed by atoms with van der Waals surface area (Å²) in [5, 5.41) is 5.37. The Morgan fingerprint density at radius 2 is 2.17 bits per heavy atom. The Balaban J connectivity index is 1.97. The maximum absolute atomic E-state index is 6.17. The van der Waals surface area contributed by atoms with E-state index in [1.54, 1.807) is 7.11 Å². The number of aromatic nitrogens is 1. The molecular formula is C14H17ClN2O. The van der Waals surface area contributed by atoms with E-state index in [1.807, 2.05) is 12.1 Å². The lowest BCUT2D eigenvalue weighted by atomic mass is 10.2. The van der Waals surface area contributed by atoms with Crippen LogP contribution in [0.3, 0.4) is 0 Å². The molecule has 18 heavy (non-hydrogen) atoms. The molecule has 4 heteroatoms. The second-order valence-corrected chi connectivity index (χ2v) is 5.30. The standard InChI is InChI=1S/C14H17ClN2O/c1-17-11(8-16-10-3-4-10)5-9-6-14(18-2)12(15)7-13(9)17/h5-7,10,16H,3-4,8H2,1-2H3. The van der Waals surface area contributed by atoms with Gasteiger partial charge in [0.05, 0.1) is 12.1 Å². The van der Waals surface area contributed by atoms with Crippen LogP contribution < -0.4 is 10.1 Å². The van der Waals surface area contributed by atoms with Crippen LogP contribution in [0, 0.1) is 0 Å². The second kappa shape index (κ2) is 4.48. The van der Waals surface area contributed by atoms with Crippen LogP contribution >= 0.6 is 11.6 Å². The van der Waals surface area contributed by atoms with Crippen molar-refractivity contribution >= 4 is 22.5 Å². The normalized spacial score (nSPS) is 15.3. The van der Waals surface area contributed by atoms with Crippen LogP contribution in [-0.2, 0) is 13.6 Å². The third-order valence-electron chi connectivity index (χ3n) is 3.56. The van der Waals surface area contributed by atoms with Gasteiger partial charge >= 0.3 is 0 Å². The van der Waals surface area contributed by atoms with Crippen molar-refractivity contribution in [2.75, 3.05) is 7.11 Å². The highest BCUT2D eigenvalue weighted by Crippen LogP contribution is 2.31. The van der Waals surface area contributed by atoms with E-state index in [4.69, 9.17) is 16.3 Å². The minimum atomic E-state index is 0.660. The van der Waals surface area contributed by atoms with Gasteiger partial charge in [0.1, 0.15) is 5.75 Å². The number of halogens is 1. The molecule has 1 N–H and O–H groups in total. The van der Waals surface area contributed by atoms with Crippen molar-refractivity contribution in [3.05, 3.63) is 28.9 Å². The molecule has 0 saturated heterocycles. The number of hydrogen-bond donors (Lipinski definition) is 1. The molecule has 3 nitrogen and oxygen atoms in total. The number of aryl methyl sites for hydroxylation is 1. The van der Waals surface area contributed by atoms with E-state index in [1.165, 1.54) is 23.9 Å². The first-order chi connectivity index (χ1) is 8.69. The van der Waals surface area contributed by atoms with E-state index in [9.17, 15) is 0 Å². The summed E-state index contributed by atoms with van der Waals surface area (Å²) in [6.07, 6.45) is 2.62. The van der Waals surface area contributed by atoms with Crippen LogP contribution in [0.2, 0.25) is 5.02 Å². The summed E-state index contributed by atoms with van der Waals surface area (Å²) >= 11 is 6.17. The summed E-state index contributed by atoms with van der Waals surface area (Å²) in [4.78, 5) is 0. The van der Waals surface area contributed by atoms with E-state index in [2.05, 4.69) is 23.0 Å². The van der Waals surface area contributed by atoms with Crippen molar-refractivity contribution in [2.45, 2.75) is 25.4 Å². The number of nitrogens with one attached hydrogen (secondary N) is 1. The van der Waals surface area contributed by atoms with Gasteiger partial charge in [-0.3, -0.25) is 0 Å². The molecule has 1 saturated carbocycles. The number of methoxy groups -OCH3 is 1. The van der Waals surface area contributed by atoms with Crippen molar-refractivity contribution < 1.29 is 4.74 Å². The van der Waals surface area contributed by atoms with E-state index in [-0.39, 0.29) is 0 Å². The van der Waals surface area contributed by atoms with Crippen LogP contribution in [0.5, 0.6) is 5.75 Å². The molecule has 0 radical (unpaired) electrons. The number of rotatable bonds is 4. The summed E-state index contributed by atoms with van der Waals surface area (Å²) in [6, 6.07) is 6.89. The summed E-state index contributed by atoms with van der Waals surface area (Å²) in [7, 11) is 3.72. The van der Waals surface area contributed by atoms with E-state index < -0.39 is 0 Å². The Kier molecular flexibility index (Phi) is 2.96. The number of benzene rings is 1. The summed E-state index contributed by atoms with van der Waals surface area (Å²) in [6.45, 7) is 0.912. The molecule has 1 aromatic carbocycles. The summed E-state index contributed by atoms with van der Waals surface area (Å²) in [5.74, 6) is 0.733. The Morgan fingerprint density at radius 3 is 2.83 bits per heavy atom. The van der Waals surface area contributed by atoms with Crippen LogP contribution in [0.1, 0.15) is 18.5 Å². The zero-order valence-corrected chi connectivity index (χ0v) is 11.4. The Hall–Kier alpha value is -1.19. The smallest absolute Gasteiger partial charge is 0.138 e. The highest BCUT2D eigenvalue weighted by Gasteiger charge is 2.20. The van der Waals surface area contributed by atoms with E-state index >= 15 is 0 Å². The average Bonchev–Trinajstić information content (AvgIpc) is 3.14. The molecule has 0 atom stereocenters. The quantitative estimate of drug-likeness (QED) is 0.918. The second-order valence-electron chi connectivity index (χ2n) is 4.90. The predicted molar refractivity (Wildman–Crippen MR) is 74.3 cm³/mol. The first-order valence-corrected chi connectivity index (χ1v) is 6.62. The maximum atomic E-state index is 6.17. The van der Waals surface area contributed by atoms with Gasteiger partial charge in [-0.05, 0) is 31.0 Å². The van der Waals surface area contributed by atoms with Gasteiger partial charge in [-0.1, -0.05) is 11.6 Å². The third-order valence-corrected chi connectivity index (χ3v) is 3.86. The lowest BCUT2D eigenvalue weighted by Crippen LogP contribution is -2.17.